The predicted molar refractivity (Wildman–Crippen MR) is 104 cm³/mol. The van der Waals surface area contributed by atoms with Crippen molar-refractivity contribution in [2.24, 2.45) is 0 Å². The average molecular weight is 339 g/mol. The zero-order chi connectivity index (χ0) is 17.5. The molecule has 0 fully saturated rings. The smallest absolute Gasteiger partial charge is 0.211 e. The minimum Gasteiger partial charge on any atom is -0.361 e. The van der Waals surface area contributed by atoms with E-state index in [1.165, 1.54) is 12.1 Å². The Morgan fingerprint density at radius 3 is 2.50 bits per heavy atom. The molecule has 0 unspecified atom stereocenters. The number of H-pyrrole nitrogens is 1. The maximum absolute atomic E-state index is 13.5. The monoisotopic (exact) mass is 339 g/mol. The number of para-hydroxylation sites is 2. The molecule has 0 amide bonds. The lowest BCUT2D eigenvalue weighted by atomic mass is 9.90. The molecule has 0 bridgehead atoms. The van der Waals surface area contributed by atoms with E-state index in [0.29, 0.717) is 0 Å². The van der Waals surface area contributed by atoms with Crippen LogP contribution in [-0.2, 0) is 0 Å². The summed E-state index contributed by atoms with van der Waals surface area (Å²) in [7, 11) is 0. The third-order valence-electron chi connectivity index (χ3n) is 4.85. The molecule has 2 N–H and O–H groups in total. The molecule has 0 aliphatic carbocycles. The van der Waals surface area contributed by atoms with Gasteiger partial charge < -0.3 is 4.98 Å². The maximum atomic E-state index is 13.5. The lowest BCUT2D eigenvalue weighted by Crippen LogP contribution is -2.58. The highest BCUT2D eigenvalue weighted by Crippen LogP contribution is 2.37. The number of aromatic nitrogens is 1. The first-order valence-electron chi connectivity index (χ1n) is 8.57. The number of hydrogen-bond acceptors (Lipinski definition) is 0. The number of allylic oxidation sites excluding steroid dienone is 1. The molecule has 1 aliphatic heterocycles. The van der Waals surface area contributed by atoms with Crippen LogP contribution in [0.25, 0.3) is 22.0 Å². The lowest BCUT2D eigenvalue weighted by molar-refractivity contribution is -0.342. The van der Waals surface area contributed by atoms with E-state index in [0.717, 1.165) is 44.4 Å². The molecule has 0 atom stereocenters. The molecule has 1 aromatic heterocycles. The zero-order valence-electron chi connectivity index (χ0n) is 14.0. The van der Waals surface area contributed by atoms with Crippen LogP contribution in [0.15, 0.2) is 79.0 Å². The Morgan fingerprint density at radius 1 is 0.846 bits per heavy atom. The SMILES string of the molecule is Fc1ccc(/C(=C2/C=[NH+]c3ccccc32)c2c[nH]c3ccccc23)cc1. The van der Waals surface area contributed by atoms with Crippen LogP contribution < -0.4 is 4.99 Å². The van der Waals surface area contributed by atoms with Crippen molar-refractivity contribution in [3.8, 4) is 0 Å². The van der Waals surface area contributed by atoms with Crippen LogP contribution in [0.3, 0.4) is 0 Å². The fourth-order valence-electron chi connectivity index (χ4n) is 3.63. The van der Waals surface area contributed by atoms with Crippen molar-refractivity contribution in [3.05, 3.63) is 102 Å². The van der Waals surface area contributed by atoms with Gasteiger partial charge in [-0.15, -0.1) is 0 Å². The Morgan fingerprint density at radius 2 is 1.62 bits per heavy atom. The van der Waals surface area contributed by atoms with Gasteiger partial charge in [-0.2, -0.15) is 0 Å². The van der Waals surface area contributed by atoms with E-state index in [4.69, 9.17) is 0 Å². The van der Waals surface area contributed by atoms with Gasteiger partial charge in [-0.05, 0) is 29.8 Å². The number of hydrogen-bond donors (Lipinski definition) is 2. The Bertz CT molecular complexity index is 1180. The molecule has 3 aromatic carbocycles. The van der Waals surface area contributed by atoms with E-state index in [-0.39, 0.29) is 5.82 Å². The van der Waals surface area contributed by atoms with Crippen LogP contribution in [0.1, 0.15) is 16.7 Å². The van der Waals surface area contributed by atoms with Crippen LogP contribution in [-0.4, -0.2) is 11.2 Å². The predicted octanol–water partition coefficient (Wildman–Crippen LogP) is 4.06. The first-order valence-corrected chi connectivity index (χ1v) is 8.57. The first-order chi connectivity index (χ1) is 12.8. The van der Waals surface area contributed by atoms with Gasteiger partial charge in [0.2, 0.25) is 5.69 Å². The summed E-state index contributed by atoms with van der Waals surface area (Å²) in [5, 5.41) is 1.15. The lowest BCUT2D eigenvalue weighted by Gasteiger charge is -2.10. The first kappa shape index (κ1) is 14.8. The van der Waals surface area contributed by atoms with E-state index in [1.54, 1.807) is 0 Å². The fraction of sp³-hybridized carbons (Fsp3) is 0. The van der Waals surface area contributed by atoms with Crippen LogP contribution in [0.2, 0.25) is 0 Å². The molecule has 3 heteroatoms. The molecular formula is C23H16FN2+. The van der Waals surface area contributed by atoms with Gasteiger partial charge in [-0.3, -0.25) is 0 Å². The second-order valence-corrected chi connectivity index (χ2v) is 6.38. The summed E-state index contributed by atoms with van der Waals surface area (Å²) in [4.78, 5) is 6.71. The van der Waals surface area contributed by atoms with Crippen molar-refractivity contribution in [1.82, 2.24) is 4.98 Å². The van der Waals surface area contributed by atoms with Crippen LogP contribution in [0.5, 0.6) is 0 Å². The summed E-state index contributed by atoms with van der Waals surface area (Å²) < 4.78 is 13.5. The van der Waals surface area contributed by atoms with Crippen molar-refractivity contribution in [2.45, 2.75) is 0 Å². The Labute approximate surface area is 150 Å². The highest BCUT2D eigenvalue weighted by Gasteiger charge is 2.24. The number of nitrogens with one attached hydrogen (secondary N) is 2. The van der Waals surface area contributed by atoms with E-state index in [2.05, 4.69) is 34.2 Å². The maximum Gasteiger partial charge on any atom is 0.211 e. The number of benzene rings is 3. The van der Waals surface area contributed by atoms with Gasteiger partial charge in [-0.1, -0.05) is 42.5 Å². The molecule has 2 nitrogen and oxygen atoms in total. The minimum absolute atomic E-state index is 0.231. The largest absolute Gasteiger partial charge is 0.361 e. The average Bonchev–Trinajstić information content (AvgIpc) is 3.29. The highest BCUT2D eigenvalue weighted by molar-refractivity contribution is 6.24. The molecular weight excluding hydrogens is 323 g/mol. The molecule has 0 saturated carbocycles. The minimum atomic E-state index is -0.231. The van der Waals surface area contributed by atoms with Gasteiger partial charge in [0, 0.05) is 34.3 Å². The van der Waals surface area contributed by atoms with Gasteiger partial charge in [0.1, 0.15) is 5.82 Å². The molecule has 5 rings (SSSR count). The van der Waals surface area contributed by atoms with E-state index in [9.17, 15) is 4.39 Å². The normalized spacial score (nSPS) is 14.7. The Hall–Kier alpha value is -3.46. The topological polar surface area (TPSA) is 29.8 Å². The van der Waals surface area contributed by atoms with E-state index < -0.39 is 0 Å². The summed E-state index contributed by atoms with van der Waals surface area (Å²) in [6.07, 6.45) is 4.07. The van der Waals surface area contributed by atoms with Gasteiger partial charge in [0.25, 0.3) is 0 Å². The number of halogens is 1. The molecule has 4 aromatic rings. The van der Waals surface area contributed by atoms with Crippen molar-refractivity contribution in [1.29, 1.82) is 0 Å². The Kier molecular flexibility index (Phi) is 3.32. The molecule has 0 spiro atoms. The van der Waals surface area contributed by atoms with Crippen LogP contribution in [0.4, 0.5) is 10.1 Å². The highest BCUT2D eigenvalue weighted by atomic mass is 19.1. The molecule has 0 radical (unpaired) electrons. The van der Waals surface area contributed by atoms with Crippen LogP contribution >= 0.6 is 0 Å². The summed E-state index contributed by atoms with van der Waals surface area (Å²) >= 11 is 0. The van der Waals surface area contributed by atoms with Gasteiger partial charge in [0.15, 0.2) is 6.21 Å². The number of rotatable bonds is 2. The van der Waals surface area contributed by atoms with Crippen molar-refractivity contribution >= 4 is 34.0 Å². The van der Waals surface area contributed by atoms with Crippen molar-refractivity contribution in [3.63, 3.8) is 0 Å². The van der Waals surface area contributed by atoms with Crippen molar-refractivity contribution in [2.75, 3.05) is 0 Å². The quantitative estimate of drug-likeness (QED) is 0.552. The fourth-order valence-corrected chi connectivity index (χ4v) is 3.63. The van der Waals surface area contributed by atoms with Crippen molar-refractivity contribution < 1.29 is 9.38 Å². The summed E-state index contributed by atoms with van der Waals surface area (Å²) in [6, 6.07) is 23.2. The zero-order valence-corrected chi connectivity index (χ0v) is 14.0. The molecule has 2 heterocycles. The standard InChI is InChI=1S/C23H15FN2/c24-16-11-9-15(10-12-16)23(19-13-25-21-7-3-1-5-17(19)21)20-14-26-22-8-4-2-6-18(20)22/h1-14,25H/p+1/b23-20+. The van der Waals surface area contributed by atoms with Gasteiger partial charge in [-0.25, -0.2) is 9.38 Å². The summed E-state index contributed by atoms with van der Waals surface area (Å²) in [6.45, 7) is 0. The third-order valence-corrected chi connectivity index (χ3v) is 4.85. The van der Waals surface area contributed by atoms with Gasteiger partial charge >= 0.3 is 0 Å². The summed E-state index contributed by atoms with van der Waals surface area (Å²) in [5.41, 5.74) is 7.61. The molecule has 124 valence electrons. The second kappa shape index (κ2) is 5.81. The molecule has 26 heavy (non-hydrogen) atoms. The molecule has 0 saturated heterocycles. The van der Waals surface area contributed by atoms with Gasteiger partial charge in [0.05, 0.1) is 11.1 Å². The Balaban J connectivity index is 1.85. The number of fused-ring (bicyclic) bond motifs is 2. The third kappa shape index (κ3) is 2.29. The summed E-state index contributed by atoms with van der Waals surface area (Å²) in [5.74, 6) is -0.231. The van der Waals surface area contributed by atoms with Crippen LogP contribution in [0, 0.1) is 5.82 Å². The van der Waals surface area contributed by atoms with E-state index in [1.807, 2.05) is 48.8 Å². The van der Waals surface area contributed by atoms with E-state index >= 15 is 0 Å². The number of aromatic amines is 1. The molecule has 1 aliphatic rings. The second-order valence-electron chi connectivity index (χ2n) is 6.38.